The Morgan fingerprint density at radius 1 is 1.28 bits per heavy atom. The first-order chi connectivity index (χ1) is 8.17. The largest absolute Gasteiger partial charge is 0.494 e. The van der Waals surface area contributed by atoms with Crippen LogP contribution < -0.4 is 4.74 Å². The van der Waals surface area contributed by atoms with Crippen LogP contribution in [-0.2, 0) is 11.0 Å². The van der Waals surface area contributed by atoms with E-state index in [-0.39, 0.29) is 5.04 Å². The number of pyridine rings is 1. The van der Waals surface area contributed by atoms with Gasteiger partial charge in [-0.05, 0) is 46.2 Å². The van der Waals surface area contributed by atoms with Gasteiger partial charge in [0.15, 0.2) is 14.1 Å². The Morgan fingerprint density at radius 2 is 1.89 bits per heavy atom. The van der Waals surface area contributed by atoms with Crippen molar-refractivity contribution in [3.05, 3.63) is 22.4 Å². The van der Waals surface area contributed by atoms with E-state index in [4.69, 9.17) is 9.16 Å². The summed E-state index contributed by atoms with van der Waals surface area (Å²) in [6.07, 6.45) is 0. The molecule has 0 aliphatic heterocycles. The van der Waals surface area contributed by atoms with E-state index in [1.165, 1.54) is 0 Å². The van der Waals surface area contributed by atoms with Crippen molar-refractivity contribution in [1.29, 1.82) is 0 Å². The Balaban J connectivity index is 2.73. The first kappa shape index (κ1) is 15.7. The Labute approximate surface area is 119 Å². The highest BCUT2D eigenvalue weighted by Crippen LogP contribution is 2.37. The number of aromatic nitrogens is 1. The molecule has 0 saturated heterocycles. The average Bonchev–Trinajstić information content (AvgIpc) is 2.25. The molecule has 5 heteroatoms. The first-order valence-electron chi connectivity index (χ1n) is 6.01. The molecule has 1 heterocycles. The van der Waals surface area contributed by atoms with Crippen LogP contribution in [-0.4, -0.2) is 20.4 Å². The molecule has 102 valence electrons. The van der Waals surface area contributed by atoms with Crippen LogP contribution in [0.4, 0.5) is 0 Å². The second kappa shape index (κ2) is 5.71. The summed E-state index contributed by atoms with van der Waals surface area (Å²) in [4.78, 5) is 4.42. The predicted molar refractivity (Wildman–Crippen MR) is 80.5 cm³/mol. The summed E-state index contributed by atoms with van der Waals surface area (Å²) in [6, 6.07) is 3.85. The number of rotatable bonds is 4. The van der Waals surface area contributed by atoms with Gasteiger partial charge in [0.2, 0.25) is 0 Å². The molecule has 0 saturated carbocycles. The first-order valence-corrected chi connectivity index (χ1v) is 9.71. The maximum atomic E-state index is 6.12. The molecule has 0 aromatic carbocycles. The van der Waals surface area contributed by atoms with Gasteiger partial charge < -0.3 is 9.16 Å². The molecular formula is C13H22BrNO2Si. The van der Waals surface area contributed by atoms with Gasteiger partial charge in [0.25, 0.3) is 0 Å². The van der Waals surface area contributed by atoms with Crippen molar-refractivity contribution in [2.75, 3.05) is 7.11 Å². The lowest BCUT2D eigenvalue weighted by molar-refractivity contribution is 0.271. The molecule has 0 spiro atoms. The van der Waals surface area contributed by atoms with E-state index in [1.54, 1.807) is 7.11 Å². The molecule has 0 atom stereocenters. The molecule has 18 heavy (non-hydrogen) atoms. The van der Waals surface area contributed by atoms with E-state index in [0.717, 1.165) is 16.0 Å². The molecule has 0 N–H and O–H groups in total. The maximum absolute atomic E-state index is 6.12. The van der Waals surface area contributed by atoms with Crippen LogP contribution in [0.15, 0.2) is 16.7 Å². The van der Waals surface area contributed by atoms with Crippen molar-refractivity contribution in [3.8, 4) is 5.75 Å². The molecule has 0 bridgehead atoms. The smallest absolute Gasteiger partial charge is 0.192 e. The Hall–Kier alpha value is -0.393. The van der Waals surface area contributed by atoms with Crippen LogP contribution in [0.2, 0.25) is 18.1 Å². The van der Waals surface area contributed by atoms with Crippen molar-refractivity contribution < 1.29 is 9.16 Å². The summed E-state index contributed by atoms with van der Waals surface area (Å²) >= 11 is 3.39. The zero-order valence-corrected chi connectivity index (χ0v) is 14.6. The highest BCUT2D eigenvalue weighted by atomic mass is 79.9. The van der Waals surface area contributed by atoms with Crippen molar-refractivity contribution in [2.45, 2.75) is 45.5 Å². The summed E-state index contributed by atoms with van der Waals surface area (Å²) in [5.41, 5.74) is 0.924. The fraction of sp³-hybridized carbons (Fsp3) is 0.615. The average molecular weight is 332 g/mol. The summed E-state index contributed by atoms with van der Waals surface area (Å²) in [7, 11) is -0.0810. The van der Waals surface area contributed by atoms with E-state index in [2.05, 4.69) is 54.8 Å². The second-order valence-corrected chi connectivity index (χ2v) is 11.4. The Kier molecular flexibility index (Phi) is 4.97. The minimum atomic E-state index is -1.71. The van der Waals surface area contributed by atoms with Crippen LogP contribution in [0.25, 0.3) is 0 Å². The fourth-order valence-corrected chi connectivity index (χ4v) is 2.63. The highest BCUT2D eigenvalue weighted by molar-refractivity contribution is 9.10. The van der Waals surface area contributed by atoms with Crippen molar-refractivity contribution in [2.24, 2.45) is 0 Å². The minimum Gasteiger partial charge on any atom is -0.494 e. The molecule has 1 aromatic rings. The van der Waals surface area contributed by atoms with Gasteiger partial charge in [-0.25, -0.2) is 4.98 Å². The Bertz CT molecular complexity index is 416. The van der Waals surface area contributed by atoms with E-state index >= 15 is 0 Å². The SMILES string of the molecule is COc1ccc(CO[Si](C)(C)C(C)(C)C)nc1Br. The highest BCUT2D eigenvalue weighted by Gasteiger charge is 2.37. The van der Waals surface area contributed by atoms with E-state index in [1.807, 2.05) is 12.1 Å². The van der Waals surface area contributed by atoms with E-state index in [0.29, 0.717) is 6.61 Å². The molecule has 0 fully saturated rings. The van der Waals surface area contributed by atoms with Gasteiger partial charge in [-0.15, -0.1) is 0 Å². The quantitative estimate of drug-likeness (QED) is 0.606. The predicted octanol–water partition coefficient (Wildman–Crippen LogP) is 4.37. The molecule has 0 radical (unpaired) electrons. The number of hydrogen-bond acceptors (Lipinski definition) is 3. The van der Waals surface area contributed by atoms with Gasteiger partial charge in [0, 0.05) is 0 Å². The number of nitrogens with zero attached hydrogens (tertiary/aromatic N) is 1. The molecule has 0 unspecified atom stereocenters. The lowest BCUT2D eigenvalue weighted by Gasteiger charge is -2.36. The van der Waals surface area contributed by atoms with Crippen LogP contribution in [0.3, 0.4) is 0 Å². The molecule has 1 rings (SSSR count). The number of ether oxygens (including phenoxy) is 1. The zero-order valence-electron chi connectivity index (χ0n) is 12.0. The van der Waals surface area contributed by atoms with Crippen molar-refractivity contribution in [3.63, 3.8) is 0 Å². The van der Waals surface area contributed by atoms with Crippen LogP contribution >= 0.6 is 15.9 Å². The molecular weight excluding hydrogens is 310 g/mol. The lowest BCUT2D eigenvalue weighted by atomic mass is 10.2. The topological polar surface area (TPSA) is 31.4 Å². The molecule has 0 aliphatic carbocycles. The molecule has 0 amide bonds. The van der Waals surface area contributed by atoms with Gasteiger partial charge in [-0.2, -0.15) is 0 Å². The van der Waals surface area contributed by atoms with Gasteiger partial charge in [-0.1, -0.05) is 20.8 Å². The van der Waals surface area contributed by atoms with Crippen molar-refractivity contribution in [1.82, 2.24) is 4.98 Å². The van der Waals surface area contributed by atoms with Gasteiger partial charge in [0.1, 0.15) is 4.60 Å². The molecule has 1 aromatic heterocycles. The summed E-state index contributed by atoms with van der Waals surface area (Å²) in [5, 5.41) is 0.219. The zero-order chi connectivity index (χ0) is 14.0. The number of hydrogen-bond donors (Lipinski definition) is 0. The van der Waals surface area contributed by atoms with Crippen LogP contribution in [0, 0.1) is 0 Å². The number of methoxy groups -OCH3 is 1. The minimum absolute atomic E-state index is 0.219. The molecule has 0 aliphatic rings. The van der Waals surface area contributed by atoms with E-state index in [9.17, 15) is 0 Å². The van der Waals surface area contributed by atoms with Crippen LogP contribution in [0.1, 0.15) is 26.5 Å². The normalized spacial score (nSPS) is 12.6. The third-order valence-corrected chi connectivity index (χ3v) is 8.53. The maximum Gasteiger partial charge on any atom is 0.192 e. The standard InChI is InChI=1S/C13H22BrNO2Si/c1-13(2,3)18(5,6)17-9-10-7-8-11(16-4)12(14)15-10/h7-8H,9H2,1-6H3. The monoisotopic (exact) mass is 331 g/mol. The van der Waals surface area contributed by atoms with Gasteiger partial charge in [-0.3, -0.25) is 0 Å². The molecule has 3 nitrogen and oxygen atoms in total. The van der Waals surface area contributed by atoms with Gasteiger partial charge >= 0.3 is 0 Å². The van der Waals surface area contributed by atoms with E-state index < -0.39 is 8.32 Å². The second-order valence-electron chi connectivity index (χ2n) is 5.84. The summed E-state index contributed by atoms with van der Waals surface area (Å²) in [6.45, 7) is 11.7. The van der Waals surface area contributed by atoms with Crippen LogP contribution in [0.5, 0.6) is 5.75 Å². The summed E-state index contributed by atoms with van der Waals surface area (Å²) < 4.78 is 12.0. The Morgan fingerprint density at radius 3 is 2.33 bits per heavy atom. The third kappa shape index (κ3) is 3.80. The fourth-order valence-electron chi connectivity index (χ4n) is 1.16. The lowest BCUT2D eigenvalue weighted by Crippen LogP contribution is -2.40. The van der Waals surface area contributed by atoms with Crippen molar-refractivity contribution >= 4 is 24.2 Å². The van der Waals surface area contributed by atoms with Gasteiger partial charge in [0.05, 0.1) is 19.4 Å². The summed E-state index contributed by atoms with van der Waals surface area (Å²) in [5.74, 6) is 0.742. The number of halogens is 1. The third-order valence-electron chi connectivity index (χ3n) is 3.48.